The minimum atomic E-state index is -2.93. The highest BCUT2D eigenvalue weighted by Gasteiger charge is 2.30. The first-order chi connectivity index (χ1) is 18.6. The number of halogens is 3. The molecule has 0 amide bonds. The van der Waals surface area contributed by atoms with Crippen LogP contribution in [0.15, 0.2) is 29.1 Å². The molecule has 0 bridgehead atoms. The highest BCUT2D eigenvalue weighted by atomic mass is 19.3. The standard InChI is InChI=1S/C28H34F3N5O3/c1-15(2)36-10-8-17(9-11-36)21-12-22-24(33-27(21)39-18-13-38-14-18)28(37)35(4)34-26(22)32-16(3)19-6-5-7-20(23(19)29)25(30)31/h5-7,12,15-18,25H,8-11,13-14H2,1-4H3,(H,32,34)/t16-/m1/s1. The van der Waals surface area contributed by atoms with Crippen molar-refractivity contribution in [2.45, 2.75) is 64.1 Å². The first kappa shape index (κ1) is 27.4. The number of piperidine rings is 1. The van der Waals surface area contributed by atoms with E-state index in [1.807, 2.05) is 6.07 Å². The molecule has 4 heterocycles. The van der Waals surface area contributed by atoms with Crippen molar-refractivity contribution in [1.29, 1.82) is 0 Å². The maximum Gasteiger partial charge on any atom is 0.293 e. The summed E-state index contributed by atoms with van der Waals surface area (Å²) >= 11 is 0. The second-order valence-corrected chi connectivity index (χ2v) is 10.7. The van der Waals surface area contributed by atoms with Gasteiger partial charge in [-0.3, -0.25) is 4.79 Å². The van der Waals surface area contributed by atoms with Gasteiger partial charge in [-0.2, -0.15) is 5.10 Å². The van der Waals surface area contributed by atoms with E-state index in [0.717, 1.165) is 42.2 Å². The molecule has 0 radical (unpaired) electrons. The van der Waals surface area contributed by atoms with Gasteiger partial charge >= 0.3 is 0 Å². The number of pyridine rings is 1. The highest BCUT2D eigenvalue weighted by molar-refractivity contribution is 5.89. The number of aromatic nitrogens is 3. The van der Waals surface area contributed by atoms with Gasteiger partial charge in [-0.1, -0.05) is 18.2 Å². The molecule has 2 aromatic heterocycles. The van der Waals surface area contributed by atoms with Crippen LogP contribution >= 0.6 is 0 Å². The molecule has 11 heteroatoms. The minimum Gasteiger partial charge on any atom is -0.469 e. The molecule has 8 nitrogen and oxygen atoms in total. The molecule has 1 N–H and O–H groups in total. The summed E-state index contributed by atoms with van der Waals surface area (Å²) in [5.74, 6) is -0.0525. The molecule has 0 unspecified atom stereocenters. The van der Waals surface area contributed by atoms with Crippen molar-refractivity contribution in [1.82, 2.24) is 19.7 Å². The van der Waals surface area contributed by atoms with Crippen LogP contribution in [0.2, 0.25) is 0 Å². The zero-order valence-electron chi connectivity index (χ0n) is 22.6. The predicted molar refractivity (Wildman–Crippen MR) is 142 cm³/mol. The van der Waals surface area contributed by atoms with Crippen LogP contribution in [0, 0.1) is 5.82 Å². The molecule has 210 valence electrons. The van der Waals surface area contributed by atoms with E-state index in [2.05, 4.69) is 29.2 Å². The third kappa shape index (κ3) is 5.47. The predicted octanol–water partition coefficient (Wildman–Crippen LogP) is 4.94. The lowest BCUT2D eigenvalue weighted by Crippen LogP contribution is -2.40. The Morgan fingerprint density at radius 1 is 1.13 bits per heavy atom. The second kappa shape index (κ2) is 11.1. The van der Waals surface area contributed by atoms with Gasteiger partial charge in [-0.25, -0.2) is 22.8 Å². The van der Waals surface area contributed by atoms with Crippen molar-refractivity contribution in [2.24, 2.45) is 7.05 Å². The number of fused-ring (bicyclic) bond motifs is 1. The smallest absolute Gasteiger partial charge is 0.293 e. The average Bonchev–Trinajstić information content (AvgIpc) is 2.88. The fourth-order valence-corrected chi connectivity index (χ4v) is 5.27. The average molecular weight is 546 g/mol. The van der Waals surface area contributed by atoms with Crippen LogP contribution in [0.4, 0.5) is 19.0 Å². The minimum absolute atomic E-state index is 0.0794. The lowest BCUT2D eigenvalue weighted by molar-refractivity contribution is -0.0817. The van der Waals surface area contributed by atoms with Gasteiger partial charge in [0.05, 0.1) is 30.2 Å². The summed E-state index contributed by atoms with van der Waals surface area (Å²) in [5, 5.41) is 8.03. The Morgan fingerprint density at radius 3 is 2.44 bits per heavy atom. The SMILES string of the molecule is CC(C)N1CCC(c2cc3c(N[C@H](C)c4cccc(C(F)F)c4F)nn(C)c(=O)c3nc2OC2COC2)CC1. The Balaban J connectivity index is 1.56. The summed E-state index contributed by atoms with van der Waals surface area (Å²) in [5.41, 5.74) is 0.0932. The van der Waals surface area contributed by atoms with Crippen molar-refractivity contribution in [3.05, 3.63) is 57.1 Å². The van der Waals surface area contributed by atoms with E-state index in [-0.39, 0.29) is 23.1 Å². The van der Waals surface area contributed by atoms with Gasteiger partial charge in [0.2, 0.25) is 5.88 Å². The number of alkyl halides is 2. The fourth-order valence-electron chi connectivity index (χ4n) is 5.27. The Bertz CT molecular complexity index is 1400. The summed E-state index contributed by atoms with van der Waals surface area (Å²) in [7, 11) is 1.51. The van der Waals surface area contributed by atoms with E-state index < -0.39 is 29.4 Å². The zero-order chi connectivity index (χ0) is 27.8. The monoisotopic (exact) mass is 545 g/mol. The van der Waals surface area contributed by atoms with Crippen LogP contribution < -0.4 is 15.6 Å². The summed E-state index contributed by atoms with van der Waals surface area (Å²) in [6, 6.07) is 5.59. The second-order valence-electron chi connectivity index (χ2n) is 10.7. The Morgan fingerprint density at radius 2 is 1.82 bits per heavy atom. The van der Waals surface area contributed by atoms with Crippen molar-refractivity contribution in [3.8, 4) is 5.88 Å². The van der Waals surface area contributed by atoms with E-state index in [4.69, 9.17) is 14.5 Å². The lowest BCUT2D eigenvalue weighted by Gasteiger charge is -2.35. The van der Waals surface area contributed by atoms with Gasteiger partial charge in [0.1, 0.15) is 17.4 Å². The molecule has 0 saturated carbocycles. The summed E-state index contributed by atoms with van der Waals surface area (Å²) < 4.78 is 54.2. The van der Waals surface area contributed by atoms with Crippen molar-refractivity contribution in [3.63, 3.8) is 0 Å². The van der Waals surface area contributed by atoms with Gasteiger partial charge in [0, 0.05) is 24.2 Å². The van der Waals surface area contributed by atoms with E-state index in [1.165, 1.54) is 19.2 Å². The molecule has 2 fully saturated rings. The number of nitrogens with zero attached hydrogens (tertiary/aromatic N) is 4. The number of hydrogen-bond donors (Lipinski definition) is 1. The van der Waals surface area contributed by atoms with Crippen LogP contribution in [-0.4, -0.2) is 58.1 Å². The number of nitrogens with one attached hydrogen (secondary N) is 1. The third-order valence-electron chi connectivity index (χ3n) is 7.72. The number of likely N-dealkylation sites (tertiary alicyclic amines) is 1. The Labute approximate surface area is 225 Å². The topological polar surface area (TPSA) is 81.5 Å². The van der Waals surface area contributed by atoms with Crippen LogP contribution in [-0.2, 0) is 11.8 Å². The van der Waals surface area contributed by atoms with Gasteiger partial charge < -0.3 is 19.7 Å². The molecular weight excluding hydrogens is 511 g/mol. The van der Waals surface area contributed by atoms with Crippen LogP contribution in [0.25, 0.3) is 10.9 Å². The van der Waals surface area contributed by atoms with Crippen LogP contribution in [0.5, 0.6) is 5.88 Å². The largest absolute Gasteiger partial charge is 0.469 e. The van der Waals surface area contributed by atoms with Gasteiger partial charge in [-0.15, -0.1) is 0 Å². The molecule has 2 saturated heterocycles. The fraction of sp³-hybridized carbons (Fsp3) is 0.536. The number of ether oxygens (including phenoxy) is 2. The number of rotatable bonds is 8. The molecule has 2 aliphatic heterocycles. The van der Waals surface area contributed by atoms with E-state index in [9.17, 15) is 18.0 Å². The van der Waals surface area contributed by atoms with Gasteiger partial charge in [-0.05, 0) is 58.7 Å². The van der Waals surface area contributed by atoms with Crippen molar-refractivity contribution < 1.29 is 22.6 Å². The number of anilines is 1. The van der Waals surface area contributed by atoms with E-state index in [0.29, 0.717) is 36.3 Å². The highest BCUT2D eigenvalue weighted by Crippen LogP contribution is 2.38. The molecule has 2 aliphatic rings. The number of aryl methyl sites for hydroxylation is 1. The molecule has 3 aromatic rings. The summed E-state index contributed by atoms with van der Waals surface area (Å²) in [4.78, 5) is 20.3. The summed E-state index contributed by atoms with van der Waals surface area (Å²) in [6.07, 6.45) is -1.24. The first-order valence-corrected chi connectivity index (χ1v) is 13.4. The van der Waals surface area contributed by atoms with E-state index >= 15 is 0 Å². The maximum atomic E-state index is 14.9. The maximum absolute atomic E-state index is 14.9. The van der Waals surface area contributed by atoms with Crippen molar-refractivity contribution >= 4 is 16.7 Å². The zero-order valence-corrected chi connectivity index (χ0v) is 22.6. The van der Waals surface area contributed by atoms with Crippen LogP contribution in [0.3, 0.4) is 0 Å². The summed E-state index contributed by atoms with van der Waals surface area (Å²) in [6.45, 7) is 8.83. The molecule has 0 aliphatic carbocycles. The number of benzene rings is 1. The molecular formula is C28H34F3N5O3. The lowest BCUT2D eigenvalue weighted by atomic mass is 9.88. The molecule has 1 atom stereocenters. The molecule has 0 spiro atoms. The molecule has 5 rings (SSSR count). The van der Waals surface area contributed by atoms with Gasteiger partial charge in [0.25, 0.3) is 12.0 Å². The molecule has 1 aromatic carbocycles. The normalized spacial score (nSPS) is 18.1. The first-order valence-electron chi connectivity index (χ1n) is 13.4. The molecule has 39 heavy (non-hydrogen) atoms. The van der Waals surface area contributed by atoms with E-state index in [1.54, 1.807) is 6.92 Å². The number of hydrogen-bond acceptors (Lipinski definition) is 7. The Hall–Kier alpha value is -3.18. The third-order valence-corrected chi connectivity index (χ3v) is 7.72. The van der Waals surface area contributed by atoms with Crippen LogP contribution in [0.1, 0.15) is 68.7 Å². The Kier molecular flexibility index (Phi) is 7.82. The quantitative estimate of drug-likeness (QED) is 0.429. The van der Waals surface area contributed by atoms with Crippen molar-refractivity contribution in [2.75, 3.05) is 31.6 Å². The van der Waals surface area contributed by atoms with Gasteiger partial charge in [0.15, 0.2) is 5.82 Å².